The molecule has 1 unspecified atom stereocenters. The van der Waals surface area contributed by atoms with Crippen LogP contribution in [0.25, 0.3) is 32.9 Å². The number of phenolic OH excluding ortho intramolecular Hbond substituents is 1. The van der Waals surface area contributed by atoms with E-state index in [-0.39, 0.29) is 81.8 Å². The minimum Gasteiger partial charge on any atom is -0.508 e. The lowest BCUT2D eigenvalue weighted by Crippen LogP contribution is -2.53. The monoisotopic (exact) mass is 747 g/mol. The molecule has 3 aliphatic heterocycles. The van der Waals surface area contributed by atoms with Crippen molar-refractivity contribution in [2.45, 2.75) is 89.6 Å². The van der Waals surface area contributed by atoms with Crippen molar-refractivity contribution in [3.8, 4) is 28.9 Å². The summed E-state index contributed by atoms with van der Waals surface area (Å²) >= 11 is 0. The summed E-state index contributed by atoms with van der Waals surface area (Å²) < 4.78 is 56.7. The van der Waals surface area contributed by atoms with Crippen molar-refractivity contribution in [2.75, 3.05) is 58.0 Å². The van der Waals surface area contributed by atoms with E-state index in [2.05, 4.69) is 23.7 Å². The zero-order valence-corrected chi connectivity index (χ0v) is 31.6. The Hall–Kier alpha value is -3.91. The molecule has 6 atom stereocenters. The van der Waals surface area contributed by atoms with E-state index in [0.29, 0.717) is 37.1 Å². The number of fused-ring (bicyclic) bond motifs is 3. The lowest BCUT2D eigenvalue weighted by molar-refractivity contribution is -0.0697. The van der Waals surface area contributed by atoms with Crippen LogP contribution in [0.2, 0.25) is 0 Å². The summed E-state index contributed by atoms with van der Waals surface area (Å²) in [6, 6.07) is 7.52. The number of benzene rings is 2. The molecule has 3 saturated heterocycles. The highest BCUT2D eigenvalue weighted by Gasteiger charge is 2.49. The molecule has 2 N–H and O–H groups in total. The molecule has 2 aromatic heterocycles. The average Bonchev–Trinajstić information content (AvgIpc) is 3.48. The first-order valence-corrected chi connectivity index (χ1v) is 19.4. The Bertz CT molecular complexity index is 2020. The number of hydrogen-bond acceptors (Lipinski definition) is 11. The van der Waals surface area contributed by atoms with Crippen molar-refractivity contribution in [2.24, 2.45) is 11.3 Å². The fourth-order valence-corrected chi connectivity index (χ4v) is 9.92. The maximum atomic E-state index is 17.2. The Morgan fingerprint density at radius 1 is 1.02 bits per heavy atom. The molecule has 0 spiro atoms. The predicted molar refractivity (Wildman–Crippen MR) is 201 cm³/mol. The van der Waals surface area contributed by atoms with Crippen LogP contribution in [0.3, 0.4) is 0 Å². The van der Waals surface area contributed by atoms with Crippen LogP contribution in [0, 0.1) is 23.0 Å². The number of hydrogen-bond donors (Lipinski definition) is 2. The van der Waals surface area contributed by atoms with Gasteiger partial charge in [0, 0.05) is 35.5 Å². The number of phenols is 1. The van der Waals surface area contributed by atoms with E-state index in [9.17, 15) is 10.2 Å². The Kier molecular flexibility index (Phi) is 10.0. The van der Waals surface area contributed by atoms with Gasteiger partial charge in [-0.1, -0.05) is 18.6 Å². The molecular weight excluding hydrogens is 696 g/mol. The standard InChI is InChI=1S/C41H51F2N5O6/c1-24-16-26(17-25(2)54-24)20-47-13-7-12-41(11-6-10-31(41)47)23-53-39-45-36-33(37(46-39)48-14-15-52-22-40(3,50)21-48)38(51-4)44-35(34(36)43)29-19-28(49)18-27-8-5-9-30(42)32(27)29/h5,8-9,18-19,24-26,31,49-50H,6-7,10-17,20-23H2,1-4H3/t24-,25+,26?,31-,40+,41-/m1/s1. The summed E-state index contributed by atoms with van der Waals surface area (Å²) in [4.78, 5) is 18.7. The second-order valence-electron chi connectivity index (χ2n) is 16.4. The molecule has 54 heavy (non-hydrogen) atoms. The van der Waals surface area contributed by atoms with Crippen LogP contribution in [0.4, 0.5) is 14.6 Å². The molecule has 0 radical (unpaired) electrons. The molecule has 2 aromatic carbocycles. The number of pyridine rings is 1. The minimum atomic E-state index is -1.23. The van der Waals surface area contributed by atoms with Gasteiger partial charge >= 0.3 is 6.01 Å². The zero-order chi connectivity index (χ0) is 37.8. The van der Waals surface area contributed by atoms with Crippen LogP contribution in [0.1, 0.15) is 65.7 Å². The highest BCUT2D eigenvalue weighted by atomic mass is 19.1. The highest BCUT2D eigenvalue weighted by Crippen LogP contribution is 2.49. The summed E-state index contributed by atoms with van der Waals surface area (Å²) in [6.07, 6.45) is 7.97. The molecule has 290 valence electrons. The first-order valence-electron chi connectivity index (χ1n) is 19.4. The third-order valence-electron chi connectivity index (χ3n) is 12.0. The van der Waals surface area contributed by atoms with Crippen LogP contribution >= 0.6 is 0 Å². The number of aromatic nitrogens is 3. The van der Waals surface area contributed by atoms with E-state index in [0.717, 1.165) is 58.0 Å². The van der Waals surface area contributed by atoms with Gasteiger partial charge in [-0.15, -0.1) is 0 Å². The molecule has 13 heteroatoms. The van der Waals surface area contributed by atoms with E-state index >= 15 is 8.78 Å². The normalized spacial score (nSPS) is 29.4. The molecule has 4 aromatic rings. The molecule has 8 rings (SSSR count). The summed E-state index contributed by atoms with van der Waals surface area (Å²) in [7, 11) is 1.41. The molecule has 1 aliphatic carbocycles. The van der Waals surface area contributed by atoms with Crippen molar-refractivity contribution >= 4 is 27.5 Å². The second-order valence-corrected chi connectivity index (χ2v) is 16.4. The second kappa shape index (κ2) is 14.6. The van der Waals surface area contributed by atoms with Crippen LogP contribution in [0.5, 0.6) is 17.6 Å². The number of anilines is 1. The van der Waals surface area contributed by atoms with Crippen molar-refractivity contribution in [3.63, 3.8) is 0 Å². The third kappa shape index (κ3) is 7.04. The molecule has 4 fully saturated rings. The number of piperidine rings is 1. The van der Waals surface area contributed by atoms with Gasteiger partial charge < -0.3 is 34.1 Å². The first kappa shape index (κ1) is 37.0. The fraction of sp³-hybridized carbons (Fsp3) is 0.585. The fourth-order valence-electron chi connectivity index (χ4n) is 9.92. The number of aliphatic hydroxyl groups is 1. The number of methoxy groups -OCH3 is 1. The lowest BCUT2D eigenvalue weighted by Gasteiger charge is -2.48. The Balaban J connectivity index is 1.20. The summed E-state index contributed by atoms with van der Waals surface area (Å²) in [6.45, 7) is 9.40. The zero-order valence-electron chi connectivity index (χ0n) is 31.6. The number of rotatable bonds is 8. The van der Waals surface area contributed by atoms with Gasteiger partial charge in [-0.2, -0.15) is 9.97 Å². The Morgan fingerprint density at radius 3 is 2.61 bits per heavy atom. The number of ether oxygens (including phenoxy) is 4. The van der Waals surface area contributed by atoms with E-state index in [4.69, 9.17) is 28.9 Å². The van der Waals surface area contributed by atoms with E-state index in [1.165, 1.54) is 31.4 Å². The van der Waals surface area contributed by atoms with Gasteiger partial charge in [0.1, 0.15) is 39.6 Å². The molecule has 0 bridgehead atoms. The van der Waals surface area contributed by atoms with Crippen molar-refractivity contribution in [1.82, 2.24) is 19.9 Å². The van der Waals surface area contributed by atoms with E-state index in [1.54, 1.807) is 13.0 Å². The van der Waals surface area contributed by atoms with Crippen molar-refractivity contribution < 1.29 is 37.9 Å². The number of halogens is 2. The maximum absolute atomic E-state index is 17.2. The van der Waals surface area contributed by atoms with E-state index in [1.807, 2.05) is 4.90 Å². The maximum Gasteiger partial charge on any atom is 0.319 e. The number of likely N-dealkylation sites (tertiary alicyclic amines) is 1. The number of aromatic hydroxyl groups is 1. The van der Waals surface area contributed by atoms with Gasteiger partial charge in [-0.05, 0) is 95.3 Å². The Labute approximate surface area is 314 Å². The topological polar surface area (TPSA) is 123 Å². The average molecular weight is 748 g/mol. The van der Waals surface area contributed by atoms with Crippen LogP contribution in [0.15, 0.2) is 30.3 Å². The quantitative estimate of drug-likeness (QED) is 0.202. The molecule has 1 saturated carbocycles. The summed E-state index contributed by atoms with van der Waals surface area (Å²) in [5, 5.41) is 22.5. The van der Waals surface area contributed by atoms with Gasteiger partial charge in [0.05, 0.1) is 45.7 Å². The van der Waals surface area contributed by atoms with E-state index < -0.39 is 17.2 Å². The predicted octanol–water partition coefficient (Wildman–Crippen LogP) is 6.64. The summed E-state index contributed by atoms with van der Waals surface area (Å²) in [5.74, 6) is -0.719. The number of β-amino-alcohol motifs (C(OH)–C–C–N with tert-alkyl or cyclic N) is 1. The van der Waals surface area contributed by atoms with Gasteiger partial charge in [-0.25, -0.2) is 13.8 Å². The summed E-state index contributed by atoms with van der Waals surface area (Å²) in [5.41, 5.74) is -1.63. The third-order valence-corrected chi connectivity index (χ3v) is 12.0. The molecule has 0 amide bonds. The smallest absolute Gasteiger partial charge is 0.319 e. The lowest BCUT2D eigenvalue weighted by atomic mass is 9.75. The highest BCUT2D eigenvalue weighted by molar-refractivity contribution is 6.02. The largest absolute Gasteiger partial charge is 0.508 e. The minimum absolute atomic E-state index is 0.00316. The molecule has 11 nitrogen and oxygen atoms in total. The van der Waals surface area contributed by atoms with Gasteiger partial charge in [0.2, 0.25) is 5.88 Å². The van der Waals surface area contributed by atoms with Crippen LogP contribution < -0.4 is 14.4 Å². The van der Waals surface area contributed by atoms with Gasteiger partial charge in [0.25, 0.3) is 0 Å². The van der Waals surface area contributed by atoms with Crippen molar-refractivity contribution in [3.05, 3.63) is 42.0 Å². The van der Waals surface area contributed by atoms with Crippen LogP contribution in [-0.2, 0) is 9.47 Å². The van der Waals surface area contributed by atoms with Gasteiger partial charge in [0.15, 0.2) is 5.82 Å². The Morgan fingerprint density at radius 2 is 1.81 bits per heavy atom. The first-order chi connectivity index (χ1) is 25.9. The van der Waals surface area contributed by atoms with Crippen LogP contribution in [-0.4, -0.2) is 107 Å². The molecular formula is C41H51F2N5O6. The van der Waals surface area contributed by atoms with Gasteiger partial charge in [-0.3, -0.25) is 4.90 Å². The molecule has 4 aliphatic rings. The molecule has 5 heterocycles. The van der Waals surface area contributed by atoms with Crippen molar-refractivity contribution in [1.29, 1.82) is 0 Å². The SMILES string of the molecule is COc1nc(-c2cc(O)cc3cccc(F)c23)c(F)c2nc(OC[C@]34CCC[C@H]3N(CC3C[C@@H](C)O[C@@H](C)C3)CCC4)nc(N3CCOC[C@@](C)(O)C3)c12. The number of nitrogens with zero attached hydrogens (tertiary/aromatic N) is 5.